The summed E-state index contributed by atoms with van der Waals surface area (Å²) in [4.78, 5) is 35.3. The third kappa shape index (κ3) is 14.5. The van der Waals surface area contributed by atoms with Gasteiger partial charge in [0.05, 0.1) is 5.88 Å². The zero-order valence-corrected chi connectivity index (χ0v) is 17.9. The molecule has 0 aliphatic heterocycles. The molecule has 6 N–H and O–H groups in total. The number of phosphoric acid groups is 1. The summed E-state index contributed by atoms with van der Waals surface area (Å²) in [7, 11) is -4.64. The van der Waals surface area contributed by atoms with Crippen molar-refractivity contribution in [3.63, 3.8) is 0 Å². The summed E-state index contributed by atoms with van der Waals surface area (Å²) in [6.07, 6.45) is 0.360. The number of hydrogen-bond acceptors (Lipinski definition) is 5. The van der Waals surface area contributed by atoms with Crippen LogP contribution in [-0.4, -0.2) is 51.7 Å². The average Bonchev–Trinajstić information content (AvgIpc) is 2.58. The van der Waals surface area contributed by atoms with Gasteiger partial charge in [-0.2, -0.15) is 0 Å². The van der Waals surface area contributed by atoms with E-state index in [1.165, 1.54) is 4.57 Å². The first-order chi connectivity index (χ1) is 8.56. The molecule has 1 heterocycles. The smallest absolute Gasteiger partial charge is 1.00 e. The second-order valence-electron chi connectivity index (χ2n) is 3.35. The van der Waals surface area contributed by atoms with Crippen LogP contribution in [0, 0.1) is 17.0 Å². The fourth-order valence-electron chi connectivity index (χ4n) is 1.09. The standard InChI is InChI=1S/C7H10ClN3O3.2Na.H3O4P.H2O.2H/c1-5-9-3-7(11(13)14)10(5)4-6(12)2-8;;;1-5(2,3)4;;;/h3,6,12H,2,4H2,1H3;;;(H3,1,2,3,4);1H2;;/q;2*+1;;;2*-1. The van der Waals surface area contributed by atoms with Crippen LogP contribution in [0.4, 0.5) is 5.82 Å². The summed E-state index contributed by atoms with van der Waals surface area (Å²) in [5, 5.41) is 19.8. The summed E-state index contributed by atoms with van der Waals surface area (Å²) >= 11 is 5.40. The van der Waals surface area contributed by atoms with E-state index in [0.29, 0.717) is 5.82 Å². The molecular formula is C7H17ClN3Na2O8P. The zero-order valence-electron chi connectivity index (χ0n) is 14.2. The van der Waals surface area contributed by atoms with Gasteiger partial charge in [-0.05, 0) is 4.92 Å². The molecule has 0 bridgehead atoms. The molecular weight excluding hydrogens is 366 g/mol. The van der Waals surface area contributed by atoms with E-state index >= 15 is 0 Å². The molecule has 1 unspecified atom stereocenters. The van der Waals surface area contributed by atoms with Crippen molar-refractivity contribution in [2.24, 2.45) is 0 Å². The van der Waals surface area contributed by atoms with Crippen LogP contribution in [0.2, 0.25) is 0 Å². The third-order valence-corrected chi connectivity index (χ3v) is 2.15. The fourth-order valence-corrected chi connectivity index (χ4v) is 1.18. The van der Waals surface area contributed by atoms with Crippen molar-refractivity contribution >= 4 is 25.2 Å². The molecule has 0 amide bonds. The molecule has 1 rings (SSSR count). The van der Waals surface area contributed by atoms with Crippen LogP contribution in [0.25, 0.3) is 0 Å². The summed E-state index contributed by atoms with van der Waals surface area (Å²) in [5.74, 6) is 0.391. The maximum Gasteiger partial charge on any atom is 1.00 e. The minimum Gasteiger partial charge on any atom is -1.00 e. The molecule has 0 aliphatic rings. The Kier molecular flexibility index (Phi) is 20.0. The van der Waals surface area contributed by atoms with Crippen molar-refractivity contribution in [2.45, 2.75) is 19.6 Å². The van der Waals surface area contributed by atoms with Crippen LogP contribution in [0.1, 0.15) is 8.68 Å². The van der Waals surface area contributed by atoms with Gasteiger partial charge in [-0.25, -0.2) is 14.1 Å². The van der Waals surface area contributed by atoms with E-state index in [1.807, 2.05) is 0 Å². The maximum atomic E-state index is 10.5. The number of aliphatic hydroxyl groups is 1. The van der Waals surface area contributed by atoms with Gasteiger partial charge < -0.3 is 38.2 Å². The molecule has 1 atom stereocenters. The summed E-state index contributed by atoms with van der Waals surface area (Å²) < 4.78 is 10.2. The molecule has 0 fully saturated rings. The SMILES string of the molecule is Cc1ncc([N+](=O)[O-])n1CC(O)CCl.O.O=P(O)(O)O.[H-].[H-].[Na+].[Na+]. The van der Waals surface area contributed by atoms with Crippen LogP contribution in [-0.2, 0) is 11.1 Å². The van der Waals surface area contributed by atoms with Gasteiger partial charge in [0.25, 0.3) is 0 Å². The second kappa shape index (κ2) is 14.3. The molecule has 0 saturated carbocycles. The maximum absolute atomic E-state index is 10.5. The first-order valence-electron chi connectivity index (χ1n) is 4.75. The van der Waals surface area contributed by atoms with Crippen molar-refractivity contribution < 1.29 is 96.7 Å². The number of nitrogens with zero attached hydrogens (tertiary/aromatic N) is 3. The quantitative estimate of drug-likeness (QED) is 0.129. The first-order valence-corrected chi connectivity index (χ1v) is 6.85. The molecule has 22 heavy (non-hydrogen) atoms. The van der Waals surface area contributed by atoms with E-state index in [0.717, 1.165) is 6.20 Å². The molecule has 15 heteroatoms. The molecule has 0 radical (unpaired) electrons. The van der Waals surface area contributed by atoms with Crippen LogP contribution in [0.15, 0.2) is 6.20 Å². The van der Waals surface area contributed by atoms with E-state index < -0.39 is 18.8 Å². The number of halogens is 1. The molecule has 122 valence electrons. The Balaban J connectivity index is -0.0000000725. The van der Waals surface area contributed by atoms with Crippen LogP contribution in [0.5, 0.6) is 0 Å². The van der Waals surface area contributed by atoms with Gasteiger partial charge in [0.2, 0.25) is 0 Å². The number of aromatic nitrogens is 2. The summed E-state index contributed by atoms with van der Waals surface area (Å²) in [5.41, 5.74) is 0. The largest absolute Gasteiger partial charge is 1.00 e. The minimum atomic E-state index is -4.64. The number of rotatable bonds is 4. The Morgan fingerprint density at radius 2 is 1.91 bits per heavy atom. The molecule has 0 spiro atoms. The molecule has 0 aliphatic carbocycles. The van der Waals surface area contributed by atoms with Gasteiger partial charge in [-0.15, -0.1) is 11.6 Å². The predicted molar refractivity (Wildman–Crippen MR) is 70.4 cm³/mol. The van der Waals surface area contributed by atoms with E-state index in [1.54, 1.807) is 6.92 Å². The van der Waals surface area contributed by atoms with Crippen LogP contribution in [0.3, 0.4) is 0 Å². The Morgan fingerprint density at radius 1 is 1.50 bits per heavy atom. The number of hydrogen-bond donors (Lipinski definition) is 4. The van der Waals surface area contributed by atoms with Crippen molar-refractivity contribution in [2.75, 3.05) is 5.88 Å². The second-order valence-corrected chi connectivity index (χ2v) is 4.69. The van der Waals surface area contributed by atoms with Gasteiger partial charge in [0, 0.05) is 6.92 Å². The van der Waals surface area contributed by atoms with Gasteiger partial charge in [0.15, 0.2) is 5.82 Å². The van der Waals surface area contributed by atoms with Crippen molar-refractivity contribution in [3.05, 3.63) is 22.1 Å². The van der Waals surface area contributed by atoms with Crippen LogP contribution >= 0.6 is 19.4 Å². The number of aryl methyl sites for hydroxylation is 1. The predicted octanol–water partition coefficient (Wildman–Crippen LogP) is -6.82. The normalized spacial score (nSPS) is 10.8. The van der Waals surface area contributed by atoms with E-state index in [4.69, 9.17) is 30.8 Å². The van der Waals surface area contributed by atoms with Crippen molar-refractivity contribution in [3.8, 4) is 0 Å². The fraction of sp³-hybridized carbons (Fsp3) is 0.571. The monoisotopic (exact) mass is 383 g/mol. The van der Waals surface area contributed by atoms with Gasteiger partial charge in [-0.3, -0.25) is 0 Å². The topological polar surface area (TPSA) is 190 Å². The van der Waals surface area contributed by atoms with Crippen LogP contribution < -0.4 is 59.1 Å². The number of imidazole rings is 1. The first kappa shape index (κ1) is 30.8. The molecule has 1 aromatic heterocycles. The van der Waals surface area contributed by atoms with Crippen molar-refractivity contribution in [1.82, 2.24) is 9.55 Å². The molecule has 1 aromatic rings. The minimum absolute atomic E-state index is 0. The Labute approximate surface area is 177 Å². The number of aliphatic hydroxyl groups excluding tert-OH is 1. The Morgan fingerprint density at radius 3 is 2.23 bits per heavy atom. The molecule has 0 aromatic carbocycles. The number of alkyl halides is 1. The zero-order chi connectivity index (χ0) is 15.2. The molecule has 11 nitrogen and oxygen atoms in total. The van der Waals surface area contributed by atoms with E-state index in [9.17, 15) is 15.2 Å². The van der Waals surface area contributed by atoms with Gasteiger partial charge >= 0.3 is 72.8 Å². The van der Waals surface area contributed by atoms with Gasteiger partial charge in [0.1, 0.15) is 18.8 Å². The summed E-state index contributed by atoms with van der Waals surface area (Å²) in [6, 6.07) is 0. The number of nitro groups is 1. The Bertz CT molecular complexity index is 486. The summed E-state index contributed by atoms with van der Waals surface area (Å²) in [6.45, 7) is 1.72. The van der Waals surface area contributed by atoms with Gasteiger partial charge in [-0.1, -0.05) is 0 Å². The van der Waals surface area contributed by atoms with E-state index in [2.05, 4.69) is 4.98 Å². The van der Waals surface area contributed by atoms with Crippen molar-refractivity contribution in [1.29, 1.82) is 0 Å². The average molecular weight is 384 g/mol. The third-order valence-electron chi connectivity index (χ3n) is 1.79. The van der Waals surface area contributed by atoms with E-state index in [-0.39, 0.29) is 85.7 Å². The Hall–Kier alpha value is 0.930. The molecule has 0 saturated heterocycles.